The van der Waals surface area contributed by atoms with Crippen LogP contribution in [0.4, 0.5) is 0 Å². The maximum atomic E-state index is 11.8. The standard InChI is InChI=1S/C23H19Cl2N3O3/c24-20-11-8-18(12-21(20)25)15-31-19-9-6-17(7-10-19)14-27-28-23(30)22(29)26-13-16-4-2-1-3-5-16/h1-12,14H,13,15H2,(H,26,29)(H,28,30)/b27-14-. The Hall–Kier alpha value is -3.35. The predicted molar refractivity (Wildman–Crippen MR) is 121 cm³/mol. The number of nitrogens with one attached hydrogen (secondary N) is 2. The Balaban J connectivity index is 1.43. The molecule has 158 valence electrons. The summed E-state index contributed by atoms with van der Waals surface area (Å²) in [6.07, 6.45) is 1.44. The fourth-order valence-corrected chi connectivity index (χ4v) is 2.84. The molecule has 0 bridgehead atoms. The number of hydrazone groups is 1. The Morgan fingerprint density at radius 3 is 2.32 bits per heavy atom. The first-order valence-electron chi connectivity index (χ1n) is 9.33. The van der Waals surface area contributed by atoms with E-state index in [9.17, 15) is 9.59 Å². The molecule has 0 atom stereocenters. The number of halogens is 2. The highest BCUT2D eigenvalue weighted by molar-refractivity contribution is 6.42. The van der Waals surface area contributed by atoms with E-state index in [1.807, 2.05) is 36.4 Å². The lowest BCUT2D eigenvalue weighted by atomic mass is 10.2. The van der Waals surface area contributed by atoms with Crippen molar-refractivity contribution in [1.82, 2.24) is 10.7 Å². The van der Waals surface area contributed by atoms with Crippen LogP contribution in [0.2, 0.25) is 10.0 Å². The van der Waals surface area contributed by atoms with Gasteiger partial charge in [0.1, 0.15) is 12.4 Å². The minimum absolute atomic E-state index is 0.264. The van der Waals surface area contributed by atoms with Crippen molar-refractivity contribution in [2.75, 3.05) is 0 Å². The number of amides is 2. The van der Waals surface area contributed by atoms with Crippen molar-refractivity contribution in [3.63, 3.8) is 0 Å². The molecule has 0 saturated heterocycles. The van der Waals surface area contributed by atoms with Crippen LogP contribution in [0.5, 0.6) is 5.75 Å². The Labute approximate surface area is 189 Å². The molecule has 3 aromatic rings. The minimum Gasteiger partial charge on any atom is -0.489 e. The van der Waals surface area contributed by atoms with Gasteiger partial charge in [-0.1, -0.05) is 59.6 Å². The molecular formula is C23H19Cl2N3O3. The zero-order valence-electron chi connectivity index (χ0n) is 16.3. The molecule has 0 spiro atoms. The van der Waals surface area contributed by atoms with E-state index in [1.165, 1.54) is 6.21 Å². The minimum atomic E-state index is -0.839. The summed E-state index contributed by atoms with van der Waals surface area (Å²) >= 11 is 11.9. The predicted octanol–water partition coefficient (Wildman–Crippen LogP) is 4.34. The lowest BCUT2D eigenvalue weighted by Crippen LogP contribution is -2.37. The monoisotopic (exact) mass is 455 g/mol. The molecule has 3 aromatic carbocycles. The Morgan fingerprint density at radius 2 is 1.61 bits per heavy atom. The first kappa shape index (κ1) is 22.3. The first-order chi connectivity index (χ1) is 15.0. The normalized spacial score (nSPS) is 10.6. The third-order valence-electron chi connectivity index (χ3n) is 4.15. The molecule has 0 heterocycles. The van der Waals surface area contributed by atoms with Crippen LogP contribution in [-0.2, 0) is 22.7 Å². The van der Waals surface area contributed by atoms with E-state index in [-0.39, 0.29) is 6.54 Å². The van der Waals surface area contributed by atoms with Crippen molar-refractivity contribution < 1.29 is 14.3 Å². The Bertz CT molecular complexity index is 1070. The number of hydrogen-bond acceptors (Lipinski definition) is 4. The lowest BCUT2D eigenvalue weighted by Gasteiger charge is -2.07. The van der Waals surface area contributed by atoms with Crippen molar-refractivity contribution in [2.24, 2.45) is 5.10 Å². The summed E-state index contributed by atoms with van der Waals surface area (Å²) in [6.45, 7) is 0.610. The summed E-state index contributed by atoms with van der Waals surface area (Å²) in [5.41, 5.74) is 4.72. The smallest absolute Gasteiger partial charge is 0.329 e. The average molecular weight is 456 g/mol. The van der Waals surface area contributed by atoms with E-state index in [2.05, 4.69) is 15.8 Å². The van der Waals surface area contributed by atoms with E-state index < -0.39 is 11.8 Å². The molecular weight excluding hydrogens is 437 g/mol. The third kappa shape index (κ3) is 7.13. The van der Waals surface area contributed by atoms with Crippen LogP contribution in [0.15, 0.2) is 77.9 Å². The van der Waals surface area contributed by atoms with Crippen LogP contribution in [-0.4, -0.2) is 18.0 Å². The fourth-order valence-electron chi connectivity index (χ4n) is 2.52. The first-order valence-corrected chi connectivity index (χ1v) is 10.1. The van der Waals surface area contributed by atoms with E-state index in [0.29, 0.717) is 22.4 Å². The molecule has 8 heteroatoms. The summed E-state index contributed by atoms with van der Waals surface area (Å²) in [7, 11) is 0. The third-order valence-corrected chi connectivity index (χ3v) is 4.89. The molecule has 0 fully saturated rings. The molecule has 2 amide bonds. The summed E-state index contributed by atoms with van der Waals surface area (Å²) in [5.74, 6) is -0.937. The largest absolute Gasteiger partial charge is 0.489 e. The molecule has 0 unspecified atom stereocenters. The Morgan fingerprint density at radius 1 is 0.871 bits per heavy atom. The quantitative estimate of drug-likeness (QED) is 0.316. The Kier molecular flexibility index (Phi) is 8.04. The van der Waals surface area contributed by atoms with Crippen LogP contribution < -0.4 is 15.5 Å². The summed E-state index contributed by atoms with van der Waals surface area (Å²) in [5, 5.41) is 7.31. The summed E-state index contributed by atoms with van der Waals surface area (Å²) < 4.78 is 5.71. The van der Waals surface area contributed by atoms with E-state index in [4.69, 9.17) is 27.9 Å². The maximum absolute atomic E-state index is 11.8. The van der Waals surface area contributed by atoms with Gasteiger partial charge < -0.3 is 10.1 Å². The zero-order valence-corrected chi connectivity index (χ0v) is 17.9. The number of ether oxygens (including phenoxy) is 1. The highest BCUT2D eigenvalue weighted by atomic mass is 35.5. The van der Waals surface area contributed by atoms with E-state index >= 15 is 0 Å². The van der Waals surface area contributed by atoms with Crippen molar-refractivity contribution >= 4 is 41.2 Å². The van der Waals surface area contributed by atoms with Crippen molar-refractivity contribution in [1.29, 1.82) is 0 Å². The second-order valence-corrected chi connectivity index (χ2v) is 7.29. The lowest BCUT2D eigenvalue weighted by molar-refractivity contribution is -0.139. The number of hydrogen-bond donors (Lipinski definition) is 2. The molecule has 0 saturated carbocycles. The van der Waals surface area contributed by atoms with Gasteiger partial charge >= 0.3 is 11.8 Å². The van der Waals surface area contributed by atoms with Gasteiger partial charge in [0.15, 0.2) is 0 Å². The number of nitrogens with zero attached hydrogens (tertiary/aromatic N) is 1. The number of benzene rings is 3. The molecule has 3 rings (SSSR count). The molecule has 0 aliphatic rings. The van der Waals surface area contributed by atoms with Crippen LogP contribution in [0.25, 0.3) is 0 Å². The molecule has 0 aliphatic heterocycles. The summed E-state index contributed by atoms with van der Waals surface area (Å²) in [6, 6.07) is 21.7. The van der Waals surface area contributed by atoms with Gasteiger partial charge in [-0.15, -0.1) is 0 Å². The second-order valence-electron chi connectivity index (χ2n) is 6.47. The molecule has 0 aromatic heterocycles. The van der Waals surface area contributed by atoms with Gasteiger partial charge in [-0.25, -0.2) is 5.43 Å². The van der Waals surface area contributed by atoms with Gasteiger partial charge in [-0.3, -0.25) is 9.59 Å². The molecule has 2 N–H and O–H groups in total. The average Bonchev–Trinajstić information content (AvgIpc) is 2.79. The molecule has 0 radical (unpaired) electrons. The SMILES string of the molecule is O=C(NCc1ccccc1)C(=O)N/N=C\c1ccc(OCc2ccc(Cl)c(Cl)c2)cc1. The molecule has 6 nitrogen and oxygen atoms in total. The highest BCUT2D eigenvalue weighted by Crippen LogP contribution is 2.23. The number of carbonyl (C=O) groups is 2. The van der Waals surface area contributed by atoms with Crippen molar-refractivity contribution in [3.05, 3.63) is 99.5 Å². The van der Waals surface area contributed by atoms with Gasteiger partial charge in [0.05, 0.1) is 16.3 Å². The van der Waals surface area contributed by atoms with Crippen LogP contribution in [0, 0.1) is 0 Å². The fraction of sp³-hybridized carbons (Fsp3) is 0.0870. The van der Waals surface area contributed by atoms with Crippen molar-refractivity contribution in [3.8, 4) is 5.75 Å². The van der Waals surface area contributed by atoms with Crippen LogP contribution >= 0.6 is 23.2 Å². The van der Waals surface area contributed by atoms with Crippen LogP contribution in [0.3, 0.4) is 0 Å². The highest BCUT2D eigenvalue weighted by Gasteiger charge is 2.11. The van der Waals surface area contributed by atoms with Crippen LogP contribution in [0.1, 0.15) is 16.7 Å². The number of carbonyl (C=O) groups excluding carboxylic acids is 2. The van der Waals surface area contributed by atoms with Gasteiger partial charge in [-0.05, 0) is 53.1 Å². The van der Waals surface area contributed by atoms with Gasteiger partial charge in [0.25, 0.3) is 0 Å². The second kappa shape index (κ2) is 11.2. The molecule has 0 aliphatic carbocycles. The van der Waals surface area contributed by atoms with Gasteiger partial charge in [-0.2, -0.15) is 5.10 Å². The van der Waals surface area contributed by atoms with Crippen molar-refractivity contribution in [2.45, 2.75) is 13.2 Å². The zero-order chi connectivity index (χ0) is 22.1. The molecule has 31 heavy (non-hydrogen) atoms. The van der Waals surface area contributed by atoms with E-state index in [1.54, 1.807) is 36.4 Å². The maximum Gasteiger partial charge on any atom is 0.329 e. The van der Waals surface area contributed by atoms with E-state index in [0.717, 1.165) is 16.7 Å². The van der Waals surface area contributed by atoms with Gasteiger partial charge in [0.2, 0.25) is 0 Å². The summed E-state index contributed by atoms with van der Waals surface area (Å²) in [4.78, 5) is 23.6. The number of rotatable bonds is 7. The topological polar surface area (TPSA) is 79.8 Å². The van der Waals surface area contributed by atoms with Gasteiger partial charge in [0, 0.05) is 6.54 Å².